The molecule has 2 atom stereocenters. The van der Waals surface area contributed by atoms with Crippen LogP contribution in [0.2, 0.25) is 0 Å². The van der Waals surface area contributed by atoms with Gasteiger partial charge in [0.05, 0.1) is 5.54 Å². The monoisotopic (exact) mass is 241 g/mol. The Morgan fingerprint density at radius 3 is 2.65 bits per heavy atom. The average Bonchev–Trinajstić information content (AvgIpc) is 2.32. The molecule has 0 aliphatic heterocycles. The van der Waals surface area contributed by atoms with Crippen molar-refractivity contribution in [1.29, 1.82) is 0 Å². The van der Waals surface area contributed by atoms with Crippen LogP contribution >= 0.6 is 0 Å². The number of hydrogen-bond acceptors (Lipinski definition) is 3. The van der Waals surface area contributed by atoms with Crippen LogP contribution in [0.1, 0.15) is 40.0 Å². The summed E-state index contributed by atoms with van der Waals surface area (Å²) in [6.07, 6.45) is 2.36. The molecule has 0 aliphatic carbocycles. The van der Waals surface area contributed by atoms with Crippen molar-refractivity contribution in [2.75, 3.05) is 13.1 Å². The maximum absolute atomic E-state index is 11.6. The van der Waals surface area contributed by atoms with E-state index >= 15 is 0 Å². The van der Waals surface area contributed by atoms with Gasteiger partial charge < -0.3 is 11.1 Å². The number of rotatable bonds is 9. The first-order chi connectivity index (χ1) is 8.02. The van der Waals surface area contributed by atoms with Gasteiger partial charge in [0.2, 0.25) is 5.91 Å². The van der Waals surface area contributed by atoms with Gasteiger partial charge in [0, 0.05) is 18.0 Å². The van der Waals surface area contributed by atoms with Crippen molar-refractivity contribution < 1.29 is 4.79 Å². The molecule has 0 rings (SSSR count). The Balaban J connectivity index is 4.58. The number of nitrogens with one attached hydrogen (secondary N) is 1. The van der Waals surface area contributed by atoms with Crippen molar-refractivity contribution in [2.24, 2.45) is 16.8 Å². The molecule has 98 valence electrons. The van der Waals surface area contributed by atoms with E-state index < -0.39 is 5.54 Å². The topological polar surface area (TPSA) is 104 Å². The Morgan fingerprint density at radius 2 is 2.24 bits per heavy atom. The molecule has 0 saturated heterocycles. The fourth-order valence-corrected chi connectivity index (χ4v) is 1.83. The number of hydrogen-bond donors (Lipinski definition) is 2. The van der Waals surface area contributed by atoms with Crippen LogP contribution in [0.4, 0.5) is 0 Å². The van der Waals surface area contributed by atoms with Gasteiger partial charge in [-0.15, -0.1) is 0 Å². The lowest BCUT2D eigenvalue weighted by atomic mass is 9.84. The van der Waals surface area contributed by atoms with Crippen molar-refractivity contribution >= 4 is 5.91 Å². The van der Waals surface area contributed by atoms with E-state index in [2.05, 4.69) is 29.2 Å². The van der Waals surface area contributed by atoms with Crippen LogP contribution in [0.3, 0.4) is 0 Å². The van der Waals surface area contributed by atoms with Gasteiger partial charge in [0.1, 0.15) is 0 Å². The van der Waals surface area contributed by atoms with Crippen molar-refractivity contribution in [3.63, 3.8) is 0 Å². The molecule has 0 saturated carbocycles. The second-order valence-corrected chi connectivity index (χ2v) is 4.40. The third-order valence-corrected chi connectivity index (χ3v) is 3.21. The summed E-state index contributed by atoms with van der Waals surface area (Å²) in [6.45, 7) is 6.92. The normalized spacial score (nSPS) is 15.7. The molecule has 17 heavy (non-hydrogen) atoms. The molecule has 0 aromatic carbocycles. The molecule has 0 aromatic heterocycles. The minimum atomic E-state index is -0.680. The van der Waals surface area contributed by atoms with Gasteiger partial charge in [0.25, 0.3) is 0 Å². The highest BCUT2D eigenvalue weighted by Crippen LogP contribution is 2.22. The van der Waals surface area contributed by atoms with Gasteiger partial charge in [-0.05, 0) is 24.3 Å². The molecule has 0 spiro atoms. The zero-order chi connectivity index (χ0) is 13.3. The van der Waals surface area contributed by atoms with Gasteiger partial charge >= 0.3 is 0 Å². The molecule has 1 amide bonds. The lowest BCUT2D eigenvalue weighted by molar-refractivity contribution is -0.125. The van der Waals surface area contributed by atoms with Gasteiger partial charge in [-0.2, -0.15) is 0 Å². The summed E-state index contributed by atoms with van der Waals surface area (Å²) < 4.78 is 0. The summed E-state index contributed by atoms with van der Waals surface area (Å²) in [6, 6.07) is 0. The second-order valence-electron chi connectivity index (χ2n) is 4.40. The van der Waals surface area contributed by atoms with Crippen LogP contribution in [0, 0.1) is 5.92 Å². The zero-order valence-corrected chi connectivity index (χ0v) is 10.9. The van der Waals surface area contributed by atoms with Crippen molar-refractivity contribution in [1.82, 2.24) is 5.32 Å². The van der Waals surface area contributed by atoms with E-state index in [0.717, 1.165) is 6.42 Å². The standard InChI is InChI=1S/C11H23N5O/c1-4-9(3)8-11(5-2,10(12)17)14-6-7-15-16-13/h9,14H,4-8H2,1-3H3,(H2,12,17). The van der Waals surface area contributed by atoms with Crippen LogP contribution < -0.4 is 11.1 Å². The molecule has 6 heteroatoms. The third kappa shape index (κ3) is 5.06. The summed E-state index contributed by atoms with van der Waals surface area (Å²) >= 11 is 0. The van der Waals surface area contributed by atoms with E-state index in [4.69, 9.17) is 11.3 Å². The Hall–Kier alpha value is -1.26. The molecule has 0 radical (unpaired) electrons. The van der Waals surface area contributed by atoms with E-state index in [-0.39, 0.29) is 5.91 Å². The van der Waals surface area contributed by atoms with Crippen LogP contribution in [0.25, 0.3) is 10.4 Å². The molecule has 0 aliphatic rings. The molecule has 0 fully saturated rings. The molecular weight excluding hydrogens is 218 g/mol. The van der Waals surface area contributed by atoms with E-state index in [0.29, 0.717) is 31.8 Å². The van der Waals surface area contributed by atoms with Crippen molar-refractivity contribution in [3.8, 4) is 0 Å². The zero-order valence-electron chi connectivity index (χ0n) is 10.9. The van der Waals surface area contributed by atoms with Crippen LogP contribution in [-0.2, 0) is 4.79 Å². The van der Waals surface area contributed by atoms with E-state index in [1.807, 2.05) is 6.92 Å². The van der Waals surface area contributed by atoms with Gasteiger partial charge in [-0.1, -0.05) is 32.3 Å². The van der Waals surface area contributed by atoms with Crippen molar-refractivity contribution in [3.05, 3.63) is 10.4 Å². The Morgan fingerprint density at radius 1 is 1.59 bits per heavy atom. The lowest BCUT2D eigenvalue weighted by Gasteiger charge is -2.33. The van der Waals surface area contributed by atoms with E-state index in [9.17, 15) is 4.79 Å². The summed E-state index contributed by atoms with van der Waals surface area (Å²) in [7, 11) is 0. The predicted octanol–water partition coefficient (Wildman–Crippen LogP) is 1.96. The van der Waals surface area contributed by atoms with Crippen LogP contribution in [0.15, 0.2) is 5.11 Å². The highest BCUT2D eigenvalue weighted by molar-refractivity contribution is 5.84. The number of nitrogens with zero attached hydrogens (tertiary/aromatic N) is 3. The largest absolute Gasteiger partial charge is 0.368 e. The van der Waals surface area contributed by atoms with Gasteiger partial charge in [-0.25, -0.2) is 0 Å². The fraction of sp³-hybridized carbons (Fsp3) is 0.909. The maximum atomic E-state index is 11.6. The first kappa shape index (κ1) is 15.7. The SMILES string of the molecule is CCC(C)CC(CC)(NCCN=[N+]=[N-])C(N)=O. The Bertz CT molecular complexity index is 288. The summed E-state index contributed by atoms with van der Waals surface area (Å²) in [5.74, 6) is 0.0932. The van der Waals surface area contributed by atoms with Gasteiger partial charge in [-0.3, -0.25) is 4.79 Å². The summed E-state index contributed by atoms with van der Waals surface area (Å²) in [5.41, 5.74) is 13.0. The van der Waals surface area contributed by atoms with Gasteiger partial charge in [0.15, 0.2) is 0 Å². The molecule has 3 N–H and O–H groups in total. The quantitative estimate of drug-likeness (QED) is 0.279. The molecule has 0 heterocycles. The first-order valence-corrected chi connectivity index (χ1v) is 6.08. The average molecular weight is 241 g/mol. The van der Waals surface area contributed by atoms with Crippen molar-refractivity contribution in [2.45, 2.75) is 45.6 Å². The molecule has 2 unspecified atom stereocenters. The van der Waals surface area contributed by atoms with Crippen LogP contribution in [-0.4, -0.2) is 24.5 Å². The van der Waals surface area contributed by atoms with E-state index in [1.54, 1.807) is 0 Å². The number of azide groups is 1. The predicted molar refractivity (Wildman–Crippen MR) is 68.3 cm³/mol. The first-order valence-electron chi connectivity index (χ1n) is 6.08. The molecule has 0 bridgehead atoms. The minimum Gasteiger partial charge on any atom is -0.368 e. The number of carbonyl (C=O) groups excluding carboxylic acids is 1. The smallest absolute Gasteiger partial charge is 0.237 e. The Kier molecular flexibility index (Phi) is 7.34. The summed E-state index contributed by atoms with van der Waals surface area (Å²) in [5, 5.41) is 6.58. The highest BCUT2D eigenvalue weighted by Gasteiger charge is 2.34. The fourth-order valence-electron chi connectivity index (χ4n) is 1.83. The number of nitrogens with two attached hydrogens (primary N) is 1. The number of amides is 1. The van der Waals surface area contributed by atoms with Crippen LogP contribution in [0.5, 0.6) is 0 Å². The second kappa shape index (κ2) is 7.92. The molecular formula is C11H23N5O. The molecule has 0 aromatic rings. The lowest BCUT2D eigenvalue weighted by Crippen LogP contribution is -2.56. The molecule has 6 nitrogen and oxygen atoms in total. The maximum Gasteiger partial charge on any atom is 0.237 e. The van der Waals surface area contributed by atoms with E-state index in [1.165, 1.54) is 0 Å². The number of primary amides is 1. The third-order valence-electron chi connectivity index (χ3n) is 3.21. The number of carbonyl (C=O) groups is 1. The summed E-state index contributed by atoms with van der Waals surface area (Å²) in [4.78, 5) is 14.3. The highest BCUT2D eigenvalue weighted by atomic mass is 16.1. The Labute approximate surface area is 103 Å². The minimum absolute atomic E-state index is 0.325.